The quantitative estimate of drug-likeness (QED) is 0.907. The van der Waals surface area contributed by atoms with Gasteiger partial charge in [-0.15, -0.1) is 0 Å². The number of carbonyl (C=O) groups is 1. The molecule has 1 N–H and O–H groups in total. The zero-order valence-corrected chi connectivity index (χ0v) is 12.9. The number of carbonyl (C=O) groups excluding carboxylic acids is 1. The lowest BCUT2D eigenvalue weighted by molar-refractivity contribution is 0.0104. The van der Waals surface area contributed by atoms with Crippen LogP contribution in [0.4, 0.5) is 10.6 Å². The molecule has 0 bridgehead atoms. The molecule has 0 saturated carbocycles. The number of hydrogen-bond donors (Lipinski definition) is 1. The van der Waals surface area contributed by atoms with Gasteiger partial charge in [0.1, 0.15) is 11.4 Å². The largest absolute Gasteiger partial charge is 0.444 e. The number of pyridine rings is 1. The fourth-order valence-corrected chi connectivity index (χ4v) is 2.10. The van der Waals surface area contributed by atoms with Gasteiger partial charge in [-0.3, -0.25) is 0 Å². The SMILES string of the molecule is CC(C)(C)OC(=O)N1CC(Nc2ncccc2Br)C1. The third-order valence-corrected chi connectivity index (χ3v) is 3.27. The van der Waals surface area contributed by atoms with Gasteiger partial charge in [-0.25, -0.2) is 9.78 Å². The molecule has 104 valence electrons. The topological polar surface area (TPSA) is 54.5 Å². The van der Waals surface area contributed by atoms with E-state index in [1.807, 2.05) is 32.9 Å². The van der Waals surface area contributed by atoms with E-state index in [2.05, 4.69) is 26.2 Å². The van der Waals surface area contributed by atoms with E-state index >= 15 is 0 Å². The minimum absolute atomic E-state index is 0.221. The van der Waals surface area contributed by atoms with Crippen LogP contribution in [0.2, 0.25) is 0 Å². The summed E-state index contributed by atoms with van der Waals surface area (Å²) >= 11 is 3.43. The molecule has 1 fully saturated rings. The maximum absolute atomic E-state index is 11.8. The maximum atomic E-state index is 11.8. The molecule has 0 spiro atoms. The van der Waals surface area contributed by atoms with E-state index in [4.69, 9.17) is 4.74 Å². The lowest BCUT2D eigenvalue weighted by atomic mass is 10.1. The molecule has 0 unspecified atom stereocenters. The summed E-state index contributed by atoms with van der Waals surface area (Å²) in [7, 11) is 0. The Morgan fingerprint density at radius 3 is 2.79 bits per heavy atom. The molecule has 1 aromatic heterocycles. The number of nitrogens with zero attached hydrogens (tertiary/aromatic N) is 2. The van der Waals surface area contributed by atoms with E-state index in [-0.39, 0.29) is 12.1 Å². The maximum Gasteiger partial charge on any atom is 0.410 e. The predicted octanol–water partition coefficient (Wildman–Crippen LogP) is 2.88. The number of likely N-dealkylation sites (tertiary alicyclic amines) is 1. The summed E-state index contributed by atoms with van der Waals surface area (Å²) in [5, 5.41) is 3.29. The second kappa shape index (κ2) is 5.36. The van der Waals surface area contributed by atoms with Crippen LogP contribution in [0.25, 0.3) is 0 Å². The van der Waals surface area contributed by atoms with Crippen LogP contribution in [-0.2, 0) is 4.74 Å². The molecule has 1 saturated heterocycles. The number of hydrogen-bond acceptors (Lipinski definition) is 4. The molecular formula is C13H18BrN3O2. The highest BCUT2D eigenvalue weighted by Crippen LogP contribution is 2.22. The third-order valence-electron chi connectivity index (χ3n) is 2.63. The molecule has 0 aliphatic carbocycles. The van der Waals surface area contributed by atoms with Gasteiger partial charge in [-0.1, -0.05) is 0 Å². The number of anilines is 1. The fourth-order valence-electron chi connectivity index (χ4n) is 1.73. The zero-order valence-electron chi connectivity index (χ0n) is 11.3. The molecule has 1 amide bonds. The van der Waals surface area contributed by atoms with Gasteiger partial charge in [0.25, 0.3) is 0 Å². The molecule has 1 aliphatic heterocycles. The first kappa shape index (κ1) is 14.1. The molecule has 0 radical (unpaired) electrons. The highest BCUT2D eigenvalue weighted by atomic mass is 79.9. The Balaban J connectivity index is 1.81. The number of aromatic nitrogens is 1. The predicted molar refractivity (Wildman–Crippen MR) is 77.2 cm³/mol. The van der Waals surface area contributed by atoms with Crippen LogP contribution in [0, 0.1) is 0 Å². The molecule has 6 heteroatoms. The summed E-state index contributed by atoms with van der Waals surface area (Å²) < 4.78 is 6.22. The van der Waals surface area contributed by atoms with E-state index in [0.717, 1.165) is 10.3 Å². The summed E-state index contributed by atoms with van der Waals surface area (Å²) in [4.78, 5) is 17.7. The van der Waals surface area contributed by atoms with Crippen LogP contribution >= 0.6 is 15.9 Å². The van der Waals surface area contributed by atoms with Crippen LogP contribution in [0.5, 0.6) is 0 Å². The Labute approximate surface area is 121 Å². The zero-order chi connectivity index (χ0) is 14.0. The second-order valence-electron chi connectivity index (χ2n) is 5.56. The highest BCUT2D eigenvalue weighted by molar-refractivity contribution is 9.10. The van der Waals surface area contributed by atoms with Gasteiger partial charge in [-0.2, -0.15) is 0 Å². The van der Waals surface area contributed by atoms with Crippen LogP contribution in [0.3, 0.4) is 0 Å². The second-order valence-corrected chi connectivity index (χ2v) is 6.41. The Morgan fingerprint density at radius 2 is 2.21 bits per heavy atom. The minimum Gasteiger partial charge on any atom is -0.444 e. The molecule has 0 atom stereocenters. The number of halogens is 1. The van der Waals surface area contributed by atoms with E-state index in [1.165, 1.54) is 0 Å². The van der Waals surface area contributed by atoms with Crippen molar-refractivity contribution in [2.24, 2.45) is 0 Å². The van der Waals surface area contributed by atoms with Gasteiger partial charge in [-0.05, 0) is 48.8 Å². The number of amides is 1. The molecule has 5 nitrogen and oxygen atoms in total. The molecule has 19 heavy (non-hydrogen) atoms. The van der Waals surface area contributed by atoms with Crippen LogP contribution in [0.15, 0.2) is 22.8 Å². The van der Waals surface area contributed by atoms with Crippen molar-refractivity contribution < 1.29 is 9.53 Å². The lowest BCUT2D eigenvalue weighted by Gasteiger charge is -2.40. The molecule has 1 aliphatic rings. The van der Waals surface area contributed by atoms with Crippen molar-refractivity contribution in [1.82, 2.24) is 9.88 Å². The summed E-state index contributed by atoms with van der Waals surface area (Å²) in [6.45, 7) is 6.87. The van der Waals surface area contributed by atoms with Gasteiger partial charge in [0, 0.05) is 19.3 Å². The van der Waals surface area contributed by atoms with Crippen molar-refractivity contribution in [3.8, 4) is 0 Å². The number of nitrogens with one attached hydrogen (secondary N) is 1. The molecule has 1 aromatic rings. The van der Waals surface area contributed by atoms with Gasteiger partial charge in [0.05, 0.1) is 10.5 Å². The van der Waals surface area contributed by atoms with Crippen LogP contribution < -0.4 is 5.32 Å². The first-order valence-electron chi connectivity index (χ1n) is 6.20. The summed E-state index contributed by atoms with van der Waals surface area (Å²) in [5.74, 6) is 0.802. The summed E-state index contributed by atoms with van der Waals surface area (Å²) in [6.07, 6.45) is 1.47. The standard InChI is InChI=1S/C13H18BrN3O2/c1-13(2,3)19-12(18)17-7-9(8-17)16-11-10(14)5-4-6-15-11/h4-6,9H,7-8H2,1-3H3,(H,15,16). The van der Waals surface area contributed by atoms with Crippen LogP contribution in [-0.4, -0.2) is 40.7 Å². The molecular weight excluding hydrogens is 310 g/mol. The highest BCUT2D eigenvalue weighted by Gasteiger charge is 2.33. The smallest absolute Gasteiger partial charge is 0.410 e. The van der Waals surface area contributed by atoms with Crippen molar-refractivity contribution in [2.45, 2.75) is 32.4 Å². The van der Waals surface area contributed by atoms with Crippen molar-refractivity contribution >= 4 is 27.8 Å². The Morgan fingerprint density at radius 1 is 1.53 bits per heavy atom. The first-order chi connectivity index (χ1) is 8.85. The summed E-state index contributed by atoms with van der Waals surface area (Å²) in [6, 6.07) is 4.02. The van der Waals surface area contributed by atoms with Crippen molar-refractivity contribution in [3.05, 3.63) is 22.8 Å². The fraction of sp³-hybridized carbons (Fsp3) is 0.538. The molecule has 2 rings (SSSR count). The molecule has 0 aromatic carbocycles. The number of rotatable bonds is 2. The Bertz CT molecular complexity index is 467. The normalized spacial score (nSPS) is 15.9. The number of ether oxygens (including phenoxy) is 1. The average Bonchev–Trinajstić information content (AvgIpc) is 2.22. The van der Waals surface area contributed by atoms with Gasteiger partial charge < -0.3 is 15.0 Å². The Hall–Kier alpha value is -1.30. The monoisotopic (exact) mass is 327 g/mol. The molecule has 2 heterocycles. The van der Waals surface area contributed by atoms with E-state index in [9.17, 15) is 4.79 Å². The van der Waals surface area contributed by atoms with Crippen molar-refractivity contribution in [3.63, 3.8) is 0 Å². The van der Waals surface area contributed by atoms with E-state index in [1.54, 1.807) is 11.1 Å². The van der Waals surface area contributed by atoms with E-state index in [0.29, 0.717) is 13.1 Å². The van der Waals surface area contributed by atoms with E-state index < -0.39 is 5.60 Å². The van der Waals surface area contributed by atoms with Crippen molar-refractivity contribution in [2.75, 3.05) is 18.4 Å². The first-order valence-corrected chi connectivity index (χ1v) is 6.99. The van der Waals surface area contributed by atoms with Crippen LogP contribution in [0.1, 0.15) is 20.8 Å². The third kappa shape index (κ3) is 3.83. The minimum atomic E-state index is -0.445. The Kier molecular flexibility index (Phi) is 3.99. The lowest BCUT2D eigenvalue weighted by Crippen LogP contribution is -2.58. The van der Waals surface area contributed by atoms with Gasteiger partial charge in [0.2, 0.25) is 0 Å². The summed E-state index contributed by atoms with van der Waals surface area (Å²) in [5.41, 5.74) is -0.445. The van der Waals surface area contributed by atoms with Gasteiger partial charge in [0.15, 0.2) is 0 Å². The average molecular weight is 328 g/mol. The van der Waals surface area contributed by atoms with Crippen molar-refractivity contribution in [1.29, 1.82) is 0 Å². The van der Waals surface area contributed by atoms with Gasteiger partial charge >= 0.3 is 6.09 Å².